The Hall–Kier alpha value is -2.04. The molecule has 1 aromatic carbocycles. The highest BCUT2D eigenvalue weighted by Crippen LogP contribution is 2.24. The summed E-state index contributed by atoms with van der Waals surface area (Å²) in [5.74, 6) is 0.270. The molecule has 2 atom stereocenters. The van der Waals surface area contributed by atoms with Crippen molar-refractivity contribution in [1.82, 2.24) is 10.2 Å². The molecular weight excluding hydrogens is 304 g/mol. The molecule has 5 heteroatoms. The van der Waals surface area contributed by atoms with E-state index in [1.807, 2.05) is 62.9 Å². The Morgan fingerprint density at radius 2 is 2.00 bits per heavy atom. The van der Waals surface area contributed by atoms with Crippen LogP contribution in [0.4, 0.5) is 4.79 Å². The third-order valence-corrected chi connectivity index (χ3v) is 4.17. The third kappa shape index (κ3) is 5.25. The average molecular weight is 332 g/mol. The van der Waals surface area contributed by atoms with Crippen LogP contribution in [0.1, 0.15) is 46.1 Å². The van der Waals surface area contributed by atoms with Crippen LogP contribution in [-0.2, 0) is 16.1 Å². The number of hydrogen-bond donors (Lipinski definition) is 1. The van der Waals surface area contributed by atoms with Gasteiger partial charge in [0.1, 0.15) is 5.60 Å². The maximum absolute atomic E-state index is 12.3. The lowest BCUT2D eigenvalue weighted by atomic mass is 9.97. The highest BCUT2D eigenvalue weighted by atomic mass is 16.6. The first-order valence-corrected chi connectivity index (χ1v) is 8.59. The Kier molecular flexibility index (Phi) is 5.86. The van der Waals surface area contributed by atoms with E-state index in [1.54, 1.807) is 0 Å². The van der Waals surface area contributed by atoms with Crippen LogP contribution >= 0.6 is 0 Å². The Morgan fingerprint density at radius 3 is 2.58 bits per heavy atom. The highest BCUT2D eigenvalue weighted by molar-refractivity contribution is 5.79. The summed E-state index contributed by atoms with van der Waals surface area (Å²) in [5, 5.41) is 2.93. The van der Waals surface area contributed by atoms with Crippen LogP contribution in [0.5, 0.6) is 0 Å². The molecule has 0 spiro atoms. The lowest BCUT2D eigenvalue weighted by Gasteiger charge is -2.26. The number of rotatable bonds is 5. The van der Waals surface area contributed by atoms with E-state index in [2.05, 4.69) is 5.32 Å². The van der Waals surface area contributed by atoms with Crippen LogP contribution in [0.3, 0.4) is 0 Å². The number of nitrogens with zero attached hydrogens (tertiary/aromatic N) is 1. The van der Waals surface area contributed by atoms with Crippen LogP contribution in [-0.4, -0.2) is 35.1 Å². The van der Waals surface area contributed by atoms with E-state index in [1.165, 1.54) is 0 Å². The zero-order valence-electron chi connectivity index (χ0n) is 15.0. The first kappa shape index (κ1) is 18.3. The van der Waals surface area contributed by atoms with Gasteiger partial charge in [-0.2, -0.15) is 0 Å². The van der Waals surface area contributed by atoms with Crippen molar-refractivity contribution in [3.05, 3.63) is 35.9 Å². The standard InChI is InChI=1S/C19H28N2O3/c1-5-16(20-18(23)24-19(2,3)4)15-11-17(22)21(13-15)12-14-9-7-6-8-10-14/h6-10,15-16H,5,11-13H2,1-4H3,(H,20,23). The second kappa shape index (κ2) is 7.69. The maximum atomic E-state index is 12.3. The topological polar surface area (TPSA) is 58.6 Å². The number of amides is 2. The minimum absolute atomic E-state index is 0.0513. The fourth-order valence-corrected chi connectivity index (χ4v) is 3.04. The summed E-state index contributed by atoms with van der Waals surface area (Å²) in [6.45, 7) is 8.84. The van der Waals surface area contributed by atoms with E-state index in [9.17, 15) is 9.59 Å². The van der Waals surface area contributed by atoms with E-state index < -0.39 is 11.7 Å². The largest absolute Gasteiger partial charge is 0.444 e. The summed E-state index contributed by atoms with van der Waals surface area (Å²) in [6.07, 6.45) is 0.834. The Balaban J connectivity index is 1.93. The molecule has 132 valence electrons. The minimum Gasteiger partial charge on any atom is -0.444 e. The molecule has 24 heavy (non-hydrogen) atoms. The number of carbonyl (C=O) groups is 2. The van der Waals surface area contributed by atoms with Gasteiger partial charge in [-0.3, -0.25) is 4.79 Å². The monoisotopic (exact) mass is 332 g/mol. The molecule has 0 radical (unpaired) electrons. The summed E-state index contributed by atoms with van der Waals surface area (Å²) in [5.41, 5.74) is 0.604. The molecule has 1 aliphatic rings. The number of benzene rings is 1. The maximum Gasteiger partial charge on any atom is 0.407 e. The first-order chi connectivity index (χ1) is 11.3. The molecule has 2 rings (SSSR count). The van der Waals surface area contributed by atoms with Gasteiger partial charge in [-0.1, -0.05) is 37.3 Å². The Morgan fingerprint density at radius 1 is 1.33 bits per heavy atom. The van der Waals surface area contributed by atoms with E-state index in [-0.39, 0.29) is 17.9 Å². The summed E-state index contributed by atoms with van der Waals surface area (Å²) >= 11 is 0. The van der Waals surface area contributed by atoms with Crippen molar-refractivity contribution in [1.29, 1.82) is 0 Å². The SMILES string of the molecule is CCC(NC(=O)OC(C)(C)C)C1CC(=O)N(Cc2ccccc2)C1. The Labute approximate surface area is 144 Å². The van der Waals surface area contributed by atoms with Gasteiger partial charge in [0, 0.05) is 31.5 Å². The van der Waals surface area contributed by atoms with Crippen molar-refractivity contribution in [2.45, 2.75) is 58.7 Å². The molecule has 0 saturated carbocycles. The van der Waals surface area contributed by atoms with Crippen molar-refractivity contribution in [2.24, 2.45) is 5.92 Å². The quantitative estimate of drug-likeness (QED) is 0.899. The molecule has 1 aliphatic heterocycles. The molecule has 2 amide bonds. The number of nitrogens with one attached hydrogen (secondary N) is 1. The first-order valence-electron chi connectivity index (χ1n) is 8.59. The molecular formula is C19H28N2O3. The molecule has 0 aromatic heterocycles. The lowest BCUT2D eigenvalue weighted by Crippen LogP contribution is -2.43. The second-order valence-corrected chi connectivity index (χ2v) is 7.39. The van der Waals surface area contributed by atoms with E-state index in [4.69, 9.17) is 4.74 Å². The molecule has 0 bridgehead atoms. The number of alkyl carbamates (subject to hydrolysis) is 1. The molecule has 1 fully saturated rings. The molecule has 5 nitrogen and oxygen atoms in total. The summed E-state index contributed by atoms with van der Waals surface area (Å²) < 4.78 is 5.33. The predicted octanol–water partition coefficient (Wildman–Crippen LogP) is 3.34. The van der Waals surface area contributed by atoms with Crippen LogP contribution in [0, 0.1) is 5.92 Å². The zero-order chi connectivity index (χ0) is 17.7. The van der Waals surface area contributed by atoms with Crippen molar-refractivity contribution in [2.75, 3.05) is 6.54 Å². The highest BCUT2D eigenvalue weighted by Gasteiger charge is 2.35. The van der Waals surface area contributed by atoms with Gasteiger partial charge in [0.15, 0.2) is 0 Å². The fraction of sp³-hybridized carbons (Fsp3) is 0.579. The molecule has 2 unspecified atom stereocenters. The van der Waals surface area contributed by atoms with Gasteiger partial charge in [-0.05, 0) is 32.8 Å². The smallest absolute Gasteiger partial charge is 0.407 e. The molecule has 1 N–H and O–H groups in total. The van der Waals surface area contributed by atoms with Gasteiger partial charge < -0.3 is 15.0 Å². The fourth-order valence-electron chi connectivity index (χ4n) is 3.04. The van der Waals surface area contributed by atoms with E-state index in [0.717, 1.165) is 12.0 Å². The van der Waals surface area contributed by atoms with Crippen LogP contribution in [0.15, 0.2) is 30.3 Å². The molecule has 1 saturated heterocycles. The van der Waals surface area contributed by atoms with Crippen molar-refractivity contribution in [3.63, 3.8) is 0 Å². The van der Waals surface area contributed by atoms with Crippen LogP contribution < -0.4 is 5.32 Å². The van der Waals surface area contributed by atoms with Gasteiger partial charge in [0.2, 0.25) is 5.91 Å². The second-order valence-electron chi connectivity index (χ2n) is 7.39. The lowest BCUT2D eigenvalue weighted by molar-refractivity contribution is -0.128. The summed E-state index contributed by atoms with van der Waals surface area (Å²) in [4.78, 5) is 26.2. The molecule has 0 aliphatic carbocycles. The average Bonchev–Trinajstić information content (AvgIpc) is 2.85. The van der Waals surface area contributed by atoms with Gasteiger partial charge in [0.25, 0.3) is 0 Å². The Bertz CT molecular complexity index is 566. The van der Waals surface area contributed by atoms with E-state index in [0.29, 0.717) is 19.5 Å². The predicted molar refractivity (Wildman–Crippen MR) is 93.4 cm³/mol. The number of likely N-dealkylation sites (tertiary alicyclic amines) is 1. The number of ether oxygens (including phenoxy) is 1. The van der Waals surface area contributed by atoms with Gasteiger partial charge in [0.05, 0.1) is 0 Å². The molecule has 1 aromatic rings. The summed E-state index contributed by atoms with van der Waals surface area (Å²) in [6, 6.07) is 9.92. The van der Waals surface area contributed by atoms with Gasteiger partial charge >= 0.3 is 6.09 Å². The summed E-state index contributed by atoms with van der Waals surface area (Å²) in [7, 11) is 0. The minimum atomic E-state index is -0.521. The normalized spacial score (nSPS) is 19.2. The molecule has 1 heterocycles. The van der Waals surface area contributed by atoms with Crippen molar-refractivity contribution >= 4 is 12.0 Å². The third-order valence-electron chi connectivity index (χ3n) is 4.17. The number of carbonyl (C=O) groups excluding carboxylic acids is 2. The van der Waals surface area contributed by atoms with Gasteiger partial charge in [-0.15, -0.1) is 0 Å². The van der Waals surface area contributed by atoms with Crippen molar-refractivity contribution in [3.8, 4) is 0 Å². The van der Waals surface area contributed by atoms with E-state index >= 15 is 0 Å². The zero-order valence-corrected chi connectivity index (χ0v) is 15.0. The van der Waals surface area contributed by atoms with Crippen LogP contribution in [0.2, 0.25) is 0 Å². The number of hydrogen-bond acceptors (Lipinski definition) is 3. The van der Waals surface area contributed by atoms with Gasteiger partial charge in [-0.25, -0.2) is 4.79 Å². The van der Waals surface area contributed by atoms with Crippen LogP contribution in [0.25, 0.3) is 0 Å². The van der Waals surface area contributed by atoms with Crippen molar-refractivity contribution < 1.29 is 14.3 Å².